The van der Waals surface area contributed by atoms with E-state index >= 15 is 0 Å². The largest absolute Gasteiger partial charge is 0.497 e. The number of piperidine rings is 1. The highest BCUT2D eigenvalue weighted by Crippen LogP contribution is 2.31. The summed E-state index contributed by atoms with van der Waals surface area (Å²) >= 11 is 0. The highest BCUT2D eigenvalue weighted by molar-refractivity contribution is 6.04. The van der Waals surface area contributed by atoms with E-state index in [2.05, 4.69) is 29.8 Å². The standard InChI is InChI=1S/C27H34BN3O4/c1-19-15-27(32)30(24-5-4-22(33-2)17-23(19)24)12-11-29-9-7-21(8-10-29)31(28)18-20-3-6-25-26(16-20)35-14-13-34-25/h3-6,15-17,21H,7-14,18,28H2,1-2H3. The molecular weight excluding hydrogens is 441 g/mol. The third kappa shape index (κ3) is 5.18. The van der Waals surface area contributed by atoms with Crippen LogP contribution in [0.15, 0.2) is 47.3 Å². The molecule has 2 aliphatic rings. The van der Waals surface area contributed by atoms with Crippen LogP contribution in [0, 0.1) is 6.92 Å². The number of methoxy groups -OCH3 is 1. The number of aromatic nitrogens is 1. The molecule has 0 radical (unpaired) electrons. The van der Waals surface area contributed by atoms with Crippen molar-refractivity contribution >= 4 is 18.9 Å². The van der Waals surface area contributed by atoms with Crippen LogP contribution in [0.5, 0.6) is 17.2 Å². The fourth-order valence-electron chi connectivity index (χ4n) is 5.31. The lowest BCUT2D eigenvalue weighted by atomic mass is 9.99. The quantitative estimate of drug-likeness (QED) is 0.490. The molecule has 0 amide bonds. The molecule has 2 aromatic carbocycles. The Labute approximate surface area is 207 Å². The van der Waals surface area contributed by atoms with E-state index in [-0.39, 0.29) is 5.56 Å². The summed E-state index contributed by atoms with van der Waals surface area (Å²) in [5.74, 6) is 2.51. The number of hydrogen-bond acceptors (Lipinski definition) is 6. The van der Waals surface area contributed by atoms with Gasteiger partial charge in [0.25, 0.3) is 5.56 Å². The summed E-state index contributed by atoms with van der Waals surface area (Å²) in [6.07, 6.45) is 2.25. The van der Waals surface area contributed by atoms with Crippen LogP contribution in [0.25, 0.3) is 10.9 Å². The summed E-state index contributed by atoms with van der Waals surface area (Å²) in [4.78, 5) is 17.7. The smallest absolute Gasteiger partial charge is 0.251 e. The third-order valence-corrected chi connectivity index (χ3v) is 7.38. The van der Waals surface area contributed by atoms with Crippen molar-refractivity contribution in [3.8, 4) is 17.2 Å². The van der Waals surface area contributed by atoms with Crippen LogP contribution < -0.4 is 19.8 Å². The molecule has 0 N–H and O–H groups in total. The maximum Gasteiger partial charge on any atom is 0.251 e. The van der Waals surface area contributed by atoms with Gasteiger partial charge in [-0.2, -0.15) is 0 Å². The number of likely N-dealkylation sites (tertiary alicyclic amines) is 1. The molecule has 1 saturated heterocycles. The van der Waals surface area contributed by atoms with E-state index < -0.39 is 0 Å². The minimum absolute atomic E-state index is 0.0641. The van der Waals surface area contributed by atoms with Gasteiger partial charge in [-0.05, 0) is 74.3 Å². The van der Waals surface area contributed by atoms with Crippen molar-refractivity contribution < 1.29 is 14.2 Å². The molecule has 5 rings (SSSR count). The number of aryl methyl sites for hydroxylation is 1. The first-order valence-corrected chi connectivity index (χ1v) is 12.5. The maximum absolute atomic E-state index is 12.8. The summed E-state index contributed by atoms with van der Waals surface area (Å²) in [7, 11) is 3.88. The molecule has 1 aromatic heterocycles. The molecule has 0 spiro atoms. The van der Waals surface area contributed by atoms with E-state index in [0.29, 0.717) is 25.8 Å². The van der Waals surface area contributed by atoms with E-state index in [9.17, 15) is 4.79 Å². The number of pyridine rings is 1. The van der Waals surface area contributed by atoms with Gasteiger partial charge in [-0.25, -0.2) is 0 Å². The number of nitrogens with zero attached hydrogens (tertiary/aromatic N) is 3. The molecule has 8 heteroatoms. The van der Waals surface area contributed by atoms with E-state index in [4.69, 9.17) is 14.2 Å². The van der Waals surface area contributed by atoms with Gasteiger partial charge in [0, 0.05) is 37.1 Å². The Morgan fingerprint density at radius 2 is 1.80 bits per heavy atom. The molecule has 35 heavy (non-hydrogen) atoms. The number of ether oxygens (including phenoxy) is 3. The molecule has 0 unspecified atom stereocenters. The Balaban J connectivity index is 1.17. The van der Waals surface area contributed by atoms with E-state index in [1.54, 1.807) is 13.2 Å². The first-order chi connectivity index (χ1) is 17.0. The predicted molar refractivity (Wildman–Crippen MR) is 140 cm³/mol. The Morgan fingerprint density at radius 3 is 2.57 bits per heavy atom. The van der Waals surface area contributed by atoms with E-state index in [0.717, 1.165) is 72.7 Å². The van der Waals surface area contributed by atoms with Crippen molar-refractivity contribution in [1.82, 2.24) is 14.3 Å². The Morgan fingerprint density at radius 1 is 1.03 bits per heavy atom. The lowest BCUT2D eigenvalue weighted by Crippen LogP contribution is -2.44. The number of benzene rings is 2. The van der Waals surface area contributed by atoms with Crippen molar-refractivity contribution in [3.05, 3.63) is 63.9 Å². The minimum Gasteiger partial charge on any atom is -0.497 e. The number of hydrogen-bond donors (Lipinski definition) is 0. The van der Waals surface area contributed by atoms with Crippen LogP contribution in [0.2, 0.25) is 0 Å². The third-order valence-electron chi connectivity index (χ3n) is 7.38. The lowest BCUT2D eigenvalue weighted by molar-refractivity contribution is 0.153. The second-order valence-electron chi connectivity index (χ2n) is 9.67. The zero-order chi connectivity index (χ0) is 24.4. The van der Waals surface area contributed by atoms with Gasteiger partial charge in [0.05, 0.1) is 12.6 Å². The van der Waals surface area contributed by atoms with Crippen molar-refractivity contribution in [2.75, 3.05) is 40.0 Å². The second-order valence-corrected chi connectivity index (χ2v) is 9.67. The molecule has 0 bridgehead atoms. The van der Waals surface area contributed by atoms with Gasteiger partial charge >= 0.3 is 0 Å². The first kappa shape index (κ1) is 23.8. The van der Waals surface area contributed by atoms with Crippen LogP contribution >= 0.6 is 0 Å². The van der Waals surface area contributed by atoms with Crippen LogP contribution in [-0.2, 0) is 13.1 Å². The molecule has 0 atom stereocenters. The zero-order valence-electron chi connectivity index (χ0n) is 21.0. The van der Waals surface area contributed by atoms with Crippen LogP contribution in [-0.4, -0.2) is 68.3 Å². The van der Waals surface area contributed by atoms with Crippen LogP contribution in [0.1, 0.15) is 24.0 Å². The summed E-state index contributed by atoms with van der Waals surface area (Å²) in [5.41, 5.74) is 3.28. The van der Waals surface area contributed by atoms with Crippen molar-refractivity contribution in [2.24, 2.45) is 0 Å². The van der Waals surface area contributed by atoms with Crippen LogP contribution in [0.4, 0.5) is 0 Å². The van der Waals surface area contributed by atoms with Crippen molar-refractivity contribution in [1.29, 1.82) is 0 Å². The van der Waals surface area contributed by atoms with Gasteiger partial charge < -0.3 is 28.5 Å². The normalized spacial score (nSPS) is 16.7. The molecular formula is C27H34BN3O4. The van der Waals surface area contributed by atoms with Gasteiger partial charge in [-0.3, -0.25) is 4.79 Å². The molecule has 7 nitrogen and oxygen atoms in total. The molecule has 3 aromatic rings. The van der Waals surface area contributed by atoms with Crippen LogP contribution in [0.3, 0.4) is 0 Å². The van der Waals surface area contributed by atoms with E-state index in [1.807, 2.05) is 35.8 Å². The van der Waals surface area contributed by atoms with E-state index in [1.165, 1.54) is 5.56 Å². The highest BCUT2D eigenvalue weighted by Gasteiger charge is 2.23. The van der Waals surface area contributed by atoms with Gasteiger partial charge in [-0.1, -0.05) is 6.07 Å². The fourth-order valence-corrected chi connectivity index (χ4v) is 5.31. The highest BCUT2D eigenvalue weighted by atomic mass is 16.6. The number of rotatable bonds is 7. The average molecular weight is 475 g/mol. The monoisotopic (exact) mass is 475 g/mol. The fraction of sp³-hybridized carbons (Fsp3) is 0.444. The van der Waals surface area contributed by atoms with Crippen molar-refractivity contribution in [2.45, 2.75) is 38.9 Å². The van der Waals surface area contributed by atoms with Gasteiger partial charge in [0.2, 0.25) is 0 Å². The maximum atomic E-state index is 12.8. The Kier molecular flexibility index (Phi) is 7.02. The van der Waals surface area contributed by atoms with Gasteiger partial charge in [-0.15, -0.1) is 0 Å². The first-order valence-electron chi connectivity index (χ1n) is 12.5. The average Bonchev–Trinajstić information content (AvgIpc) is 2.88. The Bertz CT molecular complexity index is 1250. The van der Waals surface area contributed by atoms with Gasteiger partial charge in [0.15, 0.2) is 19.5 Å². The molecule has 0 saturated carbocycles. The minimum atomic E-state index is 0.0641. The second kappa shape index (κ2) is 10.3. The molecule has 2 aliphatic heterocycles. The summed E-state index contributed by atoms with van der Waals surface area (Å²) < 4.78 is 18.7. The summed E-state index contributed by atoms with van der Waals surface area (Å²) in [6, 6.07) is 14.5. The summed E-state index contributed by atoms with van der Waals surface area (Å²) in [6.45, 7) is 7.78. The molecule has 1 fully saturated rings. The predicted octanol–water partition coefficient (Wildman–Crippen LogP) is 2.60. The topological polar surface area (TPSA) is 56.2 Å². The molecule has 0 aliphatic carbocycles. The lowest BCUT2D eigenvalue weighted by Gasteiger charge is -2.37. The summed E-state index contributed by atoms with van der Waals surface area (Å²) in [5, 5.41) is 1.07. The zero-order valence-corrected chi connectivity index (χ0v) is 21.0. The number of fused-ring (bicyclic) bond motifs is 2. The Hall–Kier alpha value is -2.97. The van der Waals surface area contributed by atoms with Gasteiger partial charge in [0.1, 0.15) is 19.0 Å². The molecule has 3 heterocycles. The van der Waals surface area contributed by atoms with Crippen molar-refractivity contribution in [3.63, 3.8) is 0 Å². The SMILES string of the molecule is BN(Cc1ccc2c(c1)OCCO2)C1CCN(CCn2c(=O)cc(C)c3cc(OC)ccc32)CC1. The molecule has 184 valence electrons.